The molecule has 0 radical (unpaired) electrons. The molecule has 12 nitrogen and oxygen atoms in total. The van der Waals surface area contributed by atoms with E-state index < -0.39 is 26.1 Å². The molecule has 1 aliphatic rings. The topological polar surface area (TPSA) is 183 Å². The van der Waals surface area contributed by atoms with Crippen LogP contribution < -0.4 is 17.0 Å². The maximum absolute atomic E-state index is 12.3. The third kappa shape index (κ3) is 4.51. The normalized spacial score (nSPS) is 24.6. The SMILES string of the molecule is CC[C@H]1O[C@@H](n2cnc3c(=O)[nH]c(NC(=O)C(C)C)nc32)[C@H](O[P+](=O)O)[C@@H]1C.N. The number of nitrogens with zero attached hydrogens (tertiary/aromatic N) is 3. The number of hydrogen-bond donors (Lipinski definition) is 4. The van der Waals surface area contributed by atoms with Crippen LogP contribution in [0.15, 0.2) is 11.1 Å². The zero-order valence-corrected chi connectivity index (χ0v) is 17.6. The van der Waals surface area contributed by atoms with Crippen LogP contribution in [0.4, 0.5) is 5.95 Å². The van der Waals surface area contributed by atoms with E-state index >= 15 is 0 Å². The average molecular weight is 429 g/mol. The van der Waals surface area contributed by atoms with Gasteiger partial charge in [0.1, 0.15) is 0 Å². The summed E-state index contributed by atoms with van der Waals surface area (Å²) in [5.74, 6) is -0.778. The van der Waals surface area contributed by atoms with Gasteiger partial charge in [-0.2, -0.15) is 4.98 Å². The number of imidazole rings is 1. The Kier molecular flexibility index (Phi) is 7.20. The summed E-state index contributed by atoms with van der Waals surface area (Å²) >= 11 is 0. The molecule has 1 aliphatic heterocycles. The van der Waals surface area contributed by atoms with Crippen molar-refractivity contribution >= 4 is 31.3 Å². The van der Waals surface area contributed by atoms with Gasteiger partial charge in [0.05, 0.1) is 12.4 Å². The van der Waals surface area contributed by atoms with Gasteiger partial charge in [0.15, 0.2) is 23.5 Å². The van der Waals surface area contributed by atoms with Crippen LogP contribution in [0.3, 0.4) is 0 Å². The van der Waals surface area contributed by atoms with Gasteiger partial charge < -0.3 is 10.9 Å². The number of aromatic amines is 1. The first kappa shape index (κ1) is 23.0. The molecular formula is C16H26N6O6P+. The molecule has 13 heteroatoms. The molecule has 1 fully saturated rings. The minimum absolute atomic E-state index is 0. The predicted octanol–water partition coefficient (Wildman–Crippen LogP) is 1.85. The lowest BCUT2D eigenvalue weighted by atomic mass is 9.99. The van der Waals surface area contributed by atoms with Gasteiger partial charge in [-0.05, 0) is 6.42 Å². The van der Waals surface area contributed by atoms with Crippen LogP contribution in [-0.4, -0.2) is 42.5 Å². The van der Waals surface area contributed by atoms with Crippen molar-refractivity contribution in [2.24, 2.45) is 11.8 Å². The Balaban J connectivity index is 0.00000300. The highest BCUT2D eigenvalue weighted by Gasteiger charge is 2.48. The Morgan fingerprint density at radius 1 is 1.52 bits per heavy atom. The summed E-state index contributed by atoms with van der Waals surface area (Å²) in [5.41, 5.74) is -0.281. The summed E-state index contributed by atoms with van der Waals surface area (Å²) in [6.45, 7) is 7.24. The highest BCUT2D eigenvalue weighted by atomic mass is 31.1. The van der Waals surface area contributed by atoms with Crippen LogP contribution in [0.2, 0.25) is 0 Å². The molecule has 1 unspecified atom stereocenters. The van der Waals surface area contributed by atoms with Gasteiger partial charge in [0.25, 0.3) is 5.56 Å². The maximum atomic E-state index is 12.3. The third-order valence-corrected chi connectivity index (χ3v) is 5.21. The fourth-order valence-corrected chi connectivity index (χ4v) is 3.73. The number of carbonyl (C=O) groups excluding carboxylic acids is 1. The van der Waals surface area contributed by atoms with Gasteiger partial charge in [0.2, 0.25) is 11.9 Å². The summed E-state index contributed by atoms with van der Waals surface area (Å²) in [7, 11) is -2.85. The number of amides is 1. The molecule has 0 saturated carbocycles. The average Bonchev–Trinajstić information content (AvgIpc) is 3.16. The summed E-state index contributed by atoms with van der Waals surface area (Å²) < 4.78 is 24.0. The Morgan fingerprint density at radius 2 is 2.21 bits per heavy atom. The number of nitrogens with one attached hydrogen (secondary N) is 2. The molecular weight excluding hydrogens is 403 g/mol. The van der Waals surface area contributed by atoms with Crippen molar-refractivity contribution in [3.63, 3.8) is 0 Å². The number of hydrogen-bond acceptors (Lipinski definition) is 8. The standard InChI is InChI=1S/C16H22N5O6P.H3N/c1-5-9-8(4)11(27-28(24)25)15(26-9)21-6-17-10-12(21)18-16(20-14(10)23)19-13(22)7(2)3;/h6-9,11,15H,5H2,1-4H3,(H2-,18,19,20,22,23,24,25);1H3/p+1/t8-,9-,11-,15-;/m1./s1. The molecule has 2 aromatic rings. The molecule has 3 rings (SSSR count). The quantitative estimate of drug-likeness (QED) is 0.498. The second-order valence-electron chi connectivity index (χ2n) is 7.02. The van der Waals surface area contributed by atoms with Crippen molar-refractivity contribution in [1.29, 1.82) is 0 Å². The van der Waals surface area contributed by atoms with E-state index in [4.69, 9.17) is 9.26 Å². The fraction of sp³-hybridized carbons (Fsp3) is 0.625. The zero-order valence-electron chi connectivity index (χ0n) is 16.7. The van der Waals surface area contributed by atoms with E-state index in [1.54, 1.807) is 13.8 Å². The maximum Gasteiger partial charge on any atom is 0.695 e. The first-order valence-electron chi connectivity index (χ1n) is 8.99. The van der Waals surface area contributed by atoms with E-state index in [-0.39, 0.29) is 47.1 Å². The molecule has 29 heavy (non-hydrogen) atoms. The highest BCUT2D eigenvalue weighted by molar-refractivity contribution is 7.32. The zero-order chi connectivity index (χ0) is 20.6. The van der Waals surface area contributed by atoms with Crippen molar-refractivity contribution < 1.29 is 23.5 Å². The lowest BCUT2D eigenvalue weighted by Crippen LogP contribution is -2.26. The summed E-state index contributed by atoms with van der Waals surface area (Å²) in [6.07, 6.45) is 0.321. The van der Waals surface area contributed by atoms with Crippen molar-refractivity contribution in [1.82, 2.24) is 25.7 Å². The number of anilines is 1. The van der Waals surface area contributed by atoms with Crippen molar-refractivity contribution in [2.75, 3.05) is 5.32 Å². The lowest BCUT2D eigenvalue weighted by Gasteiger charge is -2.17. The van der Waals surface area contributed by atoms with Crippen molar-refractivity contribution in [3.8, 4) is 0 Å². The monoisotopic (exact) mass is 429 g/mol. The molecule has 160 valence electrons. The van der Waals surface area contributed by atoms with E-state index in [0.717, 1.165) is 0 Å². The minimum atomic E-state index is -2.85. The summed E-state index contributed by atoms with van der Waals surface area (Å²) in [6, 6.07) is 0. The highest BCUT2D eigenvalue weighted by Crippen LogP contribution is 2.41. The van der Waals surface area contributed by atoms with Crippen LogP contribution in [-0.2, 0) is 18.6 Å². The molecule has 3 heterocycles. The number of ether oxygens (including phenoxy) is 1. The van der Waals surface area contributed by atoms with Gasteiger partial charge in [-0.1, -0.05) is 27.7 Å². The number of rotatable bonds is 6. The minimum Gasteiger partial charge on any atom is -0.351 e. The summed E-state index contributed by atoms with van der Waals surface area (Å²) in [5, 5.41) is 2.55. The molecule has 0 aromatic carbocycles. The van der Waals surface area contributed by atoms with E-state index in [1.165, 1.54) is 10.9 Å². The van der Waals surface area contributed by atoms with Crippen molar-refractivity contribution in [3.05, 3.63) is 16.7 Å². The van der Waals surface area contributed by atoms with Crippen LogP contribution in [0, 0.1) is 11.8 Å². The summed E-state index contributed by atoms with van der Waals surface area (Å²) in [4.78, 5) is 44.4. The van der Waals surface area contributed by atoms with Crippen molar-refractivity contribution in [2.45, 2.75) is 52.6 Å². The lowest BCUT2D eigenvalue weighted by molar-refractivity contribution is -0.118. The molecule has 0 aliphatic carbocycles. The number of carbonyl (C=O) groups is 1. The molecule has 0 spiro atoms. The van der Waals surface area contributed by atoms with E-state index in [0.29, 0.717) is 6.42 Å². The molecule has 2 aromatic heterocycles. The molecule has 1 saturated heterocycles. The Hall–Kier alpha value is -2.24. The van der Waals surface area contributed by atoms with Gasteiger partial charge in [-0.3, -0.25) is 24.5 Å². The number of H-pyrrole nitrogens is 1. The first-order valence-corrected chi connectivity index (χ1v) is 10.1. The van der Waals surface area contributed by atoms with E-state index in [9.17, 15) is 19.0 Å². The Labute approximate surface area is 167 Å². The third-order valence-electron chi connectivity index (χ3n) is 4.79. The smallest absolute Gasteiger partial charge is 0.351 e. The van der Waals surface area contributed by atoms with Crippen LogP contribution in [0.1, 0.15) is 40.3 Å². The van der Waals surface area contributed by atoms with Gasteiger partial charge >= 0.3 is 8.25 Å². The Morgan fingerprint density at radius 3 is 2.79 bits per heavy atom. The van der Waals surface area contributed by atoms with Crippen LogP contribution >= 0.6 is 8.25 Å². The molecule has 5 atom stereocenters. The molecule has 1 amide bonds. The largest absolute Gasteiger partial charge is 0.695 e. The molecule has 6 N–H and O–H groups in total. The Bertz CT molecular complexity index is 959. The number of fused-ring (bicyclic) bond motifs is 1. The van der Waals surface area contributed by atoms with E-state index in [1.807, 2.05) is 13.8 Å². The van der Waals surface area contributed by atoms with E-state index in [2.05, 4.69) is 20.3 Å². The van der Waals surface area contributed by atoms with Gasteiger partial charge in [-0.15, -0.1) is 9.42 Å². The number of aromatic nitrogens is 4. The second-order valence-corrected chi connectivity index (χ2v) is 7.71. The second kappa shape index (κ2) is 9.06. The van der Waals surface area contributed by atoms with Crippen LogP contribution in [0.25, 0.3) is 11.2 Å². The van der Waals surface area contributed by atoms with Gasteiger partial charge in [-0.25, -0.2) is 4.98 Å². The first-order chi connectivity index (χ1) is 13.2. The molecule has 0 bridgehead atoms. The predicted molar refractivity (Wildman–Crippen MR) is 105 cm³/mol. The van der Waals surface area contributed by atoms with Crippen LogP contribution in [0.5, 0.6) is 0 Å². The van der Waals surface area contributed by atoms with Gasteiger partial charge in [0, 0.05) is 16.4 Å². The fourth-order valence-electron chi connectivity index (χ4n) is 3.23.